The van der Waals surface area contributed by atoms with Gasteiger partial charge in [-0.3, -0.25) is 9.78 Å². The van der Waals surface area contributed by atoms with Crippen molar-refractivity contribution in [1.29, 1.82) is 0 Å². The summed E-state index contributed by atoms with van der Waals surface area (Å²) in [6.45, 7) is 2.00. The van der Waals surface area contributed by atoms with E-state index in [1.165, 1.54) is 0 Å². The van der Waals surface area contributed by atoms with E-state index in [1.54, 1.807) is 12.4 Å². The first-order chi connectivity index (χ1) is 10.8. The molecule has 3 heterocycles. The zero-order valence-electron chi connectivity index (χ0n) is 12.2. The molecule has 0 aliphatic carbocycles. The lowest BCUT2D eigenvalue weighted by atomic mass is 9.96. The Hall–Kier alpha value is -2.94. The van der Waals surface area contributed by atoms with Crippen molar-refractivity contribution in [3.05, 3.63) is 83.8 Å². The van der Waals surface area contributed by atoms with E-state index >= 15 is 0 Å². The summed E-state index contributed by atoms with van der Waals surface area (Å²) in [5.41, 5.74) is 4.48. The lowest BCUT2D eigenvalue weighted by Gasteiger charge is -2.13. The number of fused-ring (bicyclic) bond motifs is 3. The van der Waals surface area contributed by atoms with Gasteiger partial charge in [0.2, 0.25) is 0 Å². The van der Waals surface area contributed by atoms with Crippen LogP contribution in [0.3, 0.4) is 0 Å². The Labute approximate surface area is 127 Å². The smallest absolute Gasteiger partial charge is 0.194 e. The van der Waals surface area contributed by atoms with Crippen molar-refractivity contribution in [2.75, 3.05) is 0 Å². The number of carbonyl (C=O) groups excluding carboxylic acids is 1. The minimum atomic E-state index is 0.0415. The minimum Gasteiger partial charge on any atom is -0.316 e. The van der Waals surface area contributed by atoms with E-state index in [4.69, 9.17) is 0 Å². The van der Waals surface area contributed by atoms with Crippen LogP contribution >= 0.6 is 0 Å². The van der Waals surface area contributed by atoms with Crippen LogP contribution in [0.4, 0.5) is 0 Å². The number of nitrogens with zero attached hydrogens (tertiary/aromatic N) is 2. The van der Waals surface area contributed by atoms with Crippen LogP contribution in [0.15, 0.2) is 67.1 Å². The van der Waals surface area contributed by atoms with Crippen LogP contribution in [0.1, 0.15) is 21.5 Å². The molecular weight excluding hydrogens is 272 g/mol. The third kappa shape index (κ3) is 1.76. The van der Waals surface area contributed by atoms with E-state index in [-0.39, 0.29) is 5.78 Å². The molecule has 3 heteroatoms. The summed E-state index contributed by atoms with van der Waals surface area (Å²) in [6, 6.07) is 15.4. The number of hydrogen-bond donors (Lipinski definition) is 0. The number of hydrogen-bond acceptors (Lipinski definition) is 2. The van der Waals surface area contributed by atoms with Gasteiger partial charge in [-0.05, 0) is 30.7 Å². The highest BCUT2D eigenvalue weighted by Crippen LogP contribution is 2.28. The molecule has 0 saturated carbocycles. The maximum absolute atomic E-state index is 13.0. The molecule has 0 bridgehead atoms. The number of ketones is 1. The molecule has 4 aromatic rings. The van der Waals surface area contributed by atoms with E-state index in [0.717, 1.165) is 27.5 Å². The molecule has 22 heavy (non-hydrogen) atoms. The fourth-order valence-corrected chi connectivity index (χ4v) is 3.04. The van der Waals surface area contributed by atoms with Crippen molar-refractivity contribution in [3.8, 4) is 0 Å². The van der Waals surface area contributed by atoms with Gasteiger partial charge < -0.3 is 4.40 Å². The second-order valence-corrected chi connectivity index (χ2v) is 5.35. The van der Waals surface area contributed by atoms with Crippen molar-refractivity contribution in [2.24, 2.45) is 0 Å². The van der Waals surface area contributed by atoms with Crippen molar-refractivity contribution in [2.45, 2.75) is 6.92 Å². The lowest BCUT2D eigenvalue weighted by molar-refractivity contribution is 0.104. The number of aromatic nitrogens is 2. The standard InChI is InChI=1S/C19H14N2O/c1-13-16-8-5-11-21(16)17-9-10-20-12-15(17)18(13)19(22)14-6-3-2-4-7-14/h2-12H,1H3. The van der Waals surface area contributed by atoms with Crippen LogP contribution in [-0.2, 0) is 0 Å². The molecule has 0 saturated heterocycles. The predicted molar refractivity (Wildman–Crippen MR) is 87.3 cm³/mol. The number of benzene rings is 1. The zero-order valence-corrected chi connectivity index (χ0v) is 12.2. The monoisotopic (exact) mass is 286 g/mol. The van der Waals surface area contributed by atoms with E-state index in [2.05, 4.69) is 9.38 Å². The Morgan fingerprint density at radius 2 is 1.82 bits per heavy atom. The van der Waals surface area contributed by atoms with Crippen LogP contribution in [0, 0.1) is 6.92 Å². The van der Waals surface area contributed by atoms with Crippen molar-refractivity contribution in [1.82, 2.24) is 9.38 Å². The Morgan fingerprint density at radius 1 is 1.00 bits per heavy atom. The normalized spacial score (nSPS) is 11.1. The van der Waals surface area contributed by atoms with Gasteiger partial charge >= 0.3 is 0 Å². The quantitative estimate of drug-likeness (QED) is 0.521. The van der Waals surface area contributed by atoms with Crippen LogP contribution in [0.25, 0.3) is 16.4 Å². The van der Waals surface area contributed by atoms with Gasteiger partial charge in [-0.2, -0.15) is 0 Å². The number of rotatable bonds is 2. The molecular formula is C19H14N2O. The number of aryl methyl sites for hydroxylation is 1. The van der Waals surface area contributed by atoms with Gasteiger partial charge in [-0.15, -0.1) is 0 Å². The third-order valence-corrected chi connectivity index (χ3v) is 4.10. The van der Waals surface area contributed by atoms with Gasteiger partial charge in [0.25, 0.3) is 0 Å². The largest absolute Gasteiger partial charge is 0.316 e. The van der Waals surface area contributed by atoms with Crippen molar-refractivity contribution < 1.29 is 4.79 Å². The molecule has 0 amide bonds. The van der Waals surface area contributed by atoms with E-state index in [0.29, 0.717) is 5.56 Å². The molecule has 1 aromatic carbocycles. The fourth-order valence-electron chi connectivity index (χ4n) is 3.04. The maximum atomic E-state index is 13.0. The summed E-state index contributed by atoms with van der Waals surface area (Å²) >= 11 is 0. The van der Waals surface area contributed by atoms with Crippen molar-refractivity contribution >= 4 is 22.2 Å². The maximum Gasteiger partial charge on any atom is 0.194 e. The molecule has 0 unspecified atom stereocenters. The van der Waals surface area contributed by atoms with E-state index in [1.807, 2.05) is 61.7 Å². The highest BCUT2D eigenvalue weighted by molar-refractivity contribution is 6.18. The van der Waals surface area contributed by atoms with Gasteiger partial charge in [0.15, 0.2) is 5.78 Å². The Kier molecular flexibility index (Phi) is 2.79. The first-order valence-electron chi connectivity index (χ1n) is 7.20. The first kappa shape index (κ1) is 12.8. The molecule has 3 aromatic heterocycles. The van der Waals surface area contributed by atoms with E-state index < -0.39 is 0 Å². The summed E-state index contributed by atoms with van der Waals surface area (Å²) in [7, 11) is 0. The first-order valence-corrected chi connectivity index (χ1v) is 7.20. The predicted octanol–water partition coefficient (Wildman–Crippen LogP) is 4.03. The molecule has 0 fully saturated rings. The summed E-state index contributed by atoms with van der Waals surface area (Å²) in [6.07, 6.45) is 5.55. The second kappa shape index (κ2) is 4.81. The summed E-state index contributed by atoms with van der Waals surface area (Å²) in [5.74, 6) is 0.0415. The Bertz CT molecular complexity index is 1000. The molecule has 4 rings (SSSR count). The second-order valence-electron chi connectivity index (χ2n) is 5.35. The van der Waals surface area contributed by atoms with Crippen LogP contribution < -0.4 is 0 Å². The lowest BCUT2D eigenvalue weighted by Crippen LogP contribution is -2.07. The summed E-state index contributed by atoms with van der Waals surface area (Å²) in [5, 5.41) is 0.887. The molecule has 0 atom stereocenters. The van der Waals surface area contributed by atoms with E-state index in [9.17, 15) is 4.79 Å². The van der Waals surface area contributed by atoms with Gasteiger partial charge in [-0.25, -0.2) is 0 Å². The Balaban J connectivity index is 2.11. The number of pyridine rings is 2. The van der Waals surface area contributed by atoms with Gasteiger partial charge in [0, 0.05) is 40.6 Å². The molecule has 0 spiro atoms. The van der Waals surface area contributed by atoms with Crippen LogP contribution in [-0.4, -0.2) is 15.2 Å². The molecule has 106 valence electrons. The molecule has 3 nitrogen and oxygen atoms in total. The molecule has 0 radical (unpaired) electrons. The third-order valence-electron chi connectivity index (χ3n) is 4.10. The Morgan fingerprint density at radius 3 is 2.64 bits per heavy atom. The fraction of sp³-hybridized carbons (Fsp3) is 0.0526. The van der Waals surface area contributed by atoms with Crippen LogP contribution in [0.2, 0.25) is 0 Å². The topological polar surface area (TPSA) is 34.4 Å². The van der Waals surface area contributed by atoms with Gasteiger partial charge in [0.1, 0.15) is 0 Å². The minimum absolute atomic E-state index is 0.0415. The zero-order chi connectivity index (χ0) is 15.1. The van der Waals surface area contributed by atoms with Crippen LogP contribution in [0.5, 0.6) is 0 Å². The summed E-state index contributed by atoms with van der Waals surface area (Å²) < 4.78 is 2.11. The molecule has 0 aliphatic heterocycles. The summed E-state index contributed by atoms with van der Waals surface area (Å²) in [4.78, 5) is 17.2. The SMILES string of the molecule is Cc1c(C(=O)c2ccccc2)c2cnccc2n2cccc12. The molecule has 0 aliphatic rings. The van der Waals surface area contributed by atoms with Crippen molar-refractivity contribution in [3.63, 3.8) is 0 Å². The molecule has 0 N–H and O–H groups in total. The number of carbonyl (C=O) groups is 1. The van der Waals surface area contributed by atoms with Gasteiger partial charge in [-0.1, -0.05) is 30.3 Å². The average molecular weight is 286 g/mol. The van der Waals surface area contributed by atoms with Gasteiger partial charge in [0.05, 0.1) is 5.52 Å². The average Bonchev–Trinajstić information content (AvgIpc) is 3.06. The highest BCUT2D eigenvalue weighted by atomic mass is 16.1. The highest BCUT2D eigenvalue weighted by Gasteiger charge is 2.18.